The molecule has 3 N–H and O–H groups in total. The van der Waals surface area contributed by atoms with Crippen LogP contribution in [0.3, 0.4) is 0 Å². The van der Waals surface area contributed by atoms with Gasteiger partial charge in [0.1, 0.15) is 17.5 Å². The molecule has 0 aromatic heterocycles. The van der Waals surface area contributed by atoms with Gasteiger partial charge in [-0.2, -0.15) is 0 Å². The fraction of sp³-hybridized carbons (Fsp3) is 0.275. The van der Waals surface area contributed by atoms with E-state index in [0.717, 1.165) is 88.3 Å². The quantitative estimate of drug-likeness (QED) is 0.144. The summed E-state index contributed by atoms with van der Waals surface area (Å²) in [4.78, 5) is 43.8. The molecule has 0 aliphatic carbocycles. The second kappa shape index (κ2) is 14.1. The van der Waals surface area contributed by atoms with E-state index in [1.807, 2.05) is 36.4 Å². The summed E-state index contributed by atoms with van der Waals surface area (Å²) in [7, 11) is 0. The van der Waals surface area contributed by atoms with E-state index < -0.39 is 11.9 Å². The van der Waals surface area contributed by atoms with Crippen molar-refractivity contribution < 1.29 is 24.6 Å². The molecule has 9 nitrogen and oxygen atoms in total. The largest absolute Gasteiger partial charge is 0.508 e. The molecular formula is C40H39BrN4O5. The van der Waals surface area contributed by atoms with Crippen molar-refractivity contribution in [2.45, 2.75) is 45.3 Å². The van der Waals surface area contributed by atoms with Gasteiger partial charge < -0.3 is 20.0 Å². The summed E-state index contributed by atoms with van der Waals surface area (Å²) in [5.41, 5.74) is 9.16. The number of halogens is 1. The van der Waals surface area contributed by atoms with Crippen molar-refractivity contribution in [1.82, 2.24) is 15.1 Å². The van der Waals surface area contributed by atoms with Crippen molar-refractivity contribution in [3.63, 3.8) is 0 Å². The Labute approximate surface area is 300 Å². The number of hydrogen-bond acceptors (Lipinski definition) is 7. The Morgan fingerprint density at radius 1 is 0.800 bits per heavy atom. The number of phenols is 2. The number of anilines is 1. The number of piperidine rings is 1. The number of phenolic OH excluding ortho intramolecular Hbond substituents is 2. The van der Waals surface area contributed by atoms with E-state index in [1.54, 1.807) is 29.2 Å². The molecule has 10 heteroatoms. The summed E-state index contributed by atoms with van der Waals surface area (Å²) in [5.74, 6) is -0.408. The van der Waals surface area contributed by atoms with Crippen LogP contribution >= 0.6 is 15.9 Å². The molecule has 3 heterocycles. The summed E-state index contributed by atoms with van der Waals surface area (Å²) in [6, 6.07) is 26.6. The van der Waals surface area contributed by atoms with E-state index in [0.29, 0.717) is 18.5 Å². The molecule has 2 saturated heterocycles. The Kier molecular flexibility index (Phi) is 9.48. The zero-order chi connectivity index (χ0) is 34.9. The van der Waals surface area contributed by atoms with Crippen LogP contribution in [0, 0.1) is 0 Å². The summed E-state index contributed by atoms with van der Waals surface area (Å²) in [6.45, 7) is 6.73. The molecule has 7 rings (SSSR count). The normalized spacial score (nSPS) is 18.6. The number of nitrogens with zero attached hydrogens (tertiary/aromatic N) is 3. The second-order valence-corrected chi connectivity index (χ2v) is 13.9. The van der Waals surface area contributed by atoms with Crippen LogP contribution in [0.5, 0.6) is 11.5 Å². The van der Waals surface area contributed by atoms with Crippen LogP contribution in [0.25, 0.3) is 11.1 Å². The highest BCUT2D eigenvalue weighted by Gasteiger charge is 2.40. The van der Waals surface area contributed by atoms with Gasteiger partial charge in [-0.25, -0.2) is 0 Å². The van der Waals surface area contributed by atoms with Crippen LogP contribution in [-0.4, -0.2) is 70.0 Å². The maximum atomic E-state index is 13.2. The first-order valence-corrected chi connectivity index (χ1v) is 17.8. The number of imide groups is 1. The lowest BCUT2D eigenvalue weighted by molar-refractivity contribution is -0.136. The lowest BCUT2D eigenvalue weighted by Crippen LogP contribution is -2.52. The molecule has 0 spiro atoms. The van der Waals surface area contributed by atoms with Crippen LogP contribution in [0.2, 0.25) is 0 Å². The van der Waals surface area contributed by atoms with Crippen molar-refractivity contribution in [2.24, 2.45) is 0 Å². The maximum absolute atomic E-state index is 13.2. The molecular weight excluding hydrogens is 696 g/mol. The van der Waals surface area contributed by atoms with Gasteiger partial charge in [0.15, 0.2) is 0 Å². The summed E-state index contributed by atoms with van der Waals surface area (Å²) >= 11 is 3.79. The van der Waals surface area contributed by atoms with E-state index >= 15 is 0 Å². The fourth-order valence-corrected chi connectivity index (χ4v) is 7.95. The average molecular weight is 736 g/mol. The van der Waals surface area contributed by atoms with E-state index in [1.165, 1.54) is 0 Å². The predicted octanol–water partition coefficient (Wildman–Crippen LogP) is 6.31. The lowest BCUT2D eigenvalue weighted by Gasteiger charge is -2.36. The topological polar surface area (TPSA) is 113 Å². The second-order valence-electron chi connectivity index (χ2n) is 13.1. The smallest absolute Gasteiger partial charge is 0.255 e. The molecule has 3 aliphatic rings. The molecule has 4 aromatic carbocycles. The van der Waals surface area contributed by atoms with Gasteiger partial charge >= 0.3 is 0 Å². The number of aromatic hydroxyl groups is 2. The highest BCUT2D eigenvalue weighted by Crippen LogP contribution is 2.37. The Balaban J connectivity index is 1.04. The van der Waals surface area contributed by atoms with Crippen molar-refractivity contribution in [3.8, 4) is 11.5 Å². The number of rotatable bonds is 8. The lowest BCUT2D eigenvalue weighted by atomic mass is 9.88. The Morgan fingerprint density at radius 3 is 2.00 bits per heavy atom. The summed E-state index contributed by atoms with van der Waals surface area (Å²) in [6.07, 6.45) is 1.37. The van der Waals surface area contributed by atoms with Gasteiger partial charge in [-0.15, -0.1) is 0 Å². The molecule has 1 unspecified atom stereocenters. The van der Waals surface area contributed by atoms with E-state index in [9.17, 15) is 24.6 Å². The average Bonchev–Trinajstić information content (AvgIpc) is 3.46. The number of hydrogen-bond donors (Lipinski definition) is 3. The van der Waals surface area contributed by atoms with Crippen LogP contribution < -0.4 is 10.2 Å². The van der Waals surface area contributed by atoms with Crippen LogP contribution in [0.4, 0.5) is 5.69 Å². The highest BCUT2D eigenvalue weighted by atomic mass is 79.9. The van der Waals surface area contributed by atoms with Gasteiger partial charge in [0.25, 0.3) is 5.91 Å². The van der Waals surface area contributed by atoms with E-state index in [4.69, 9.17) is 0 Å². The standard InChI is InChI=1S/C40H39BrN4O5/c1-2-32(25-5-12-30(46)13-6-25)37(27-7-14-31(47)15-8-27)26-3-10-29(11-4-26)44-21-19-43(20-22-44)23-28-9-16-33-34(38(28)41)24-45(40(33)50)35-17-18-36(48)42-39(35)49/h3-16,35,46-47H,2,17-24H2,1H3,(H,42,48,49). The van der Waals surface area contributed by atoms with E-state index in [2.05, 4.69) is 62.2 Å². The number of carbonyl (C=O) groups is 3. The van der Waals surface area contributed by atoms with Gasteiger partial charge in [0.2, 0.25) is 11.8 Å². The minimum atomic E-state index is -0.631. The van der Waals surface area contributed by atoms with Crippen molar-refractivity contribution >= 4 is 50.5 Å². The predicted molar refractivity (Wildman–Crippen MR) is 197 cm³/mol. The number of benzene rings is 4. The zero-order valence-electron chi connectivity index (χ0n) is 27.9. The first-order chi connectivity index (χ1) is 24.2. The molecule has 50 heavy (non-hydrogen) atoms. The maximum Gasteiger partial charge on any atom is 0.255 e. The minimum Gasteiger partial charge on any atom is -0.508 e. The van der Waals surface area contributed by atoms with E-state index in [-0.39, 0.29) is 29.7 Å². The molecule has 256 valence electrons. The third-order valence-corrected chi connectivity index (χ3v) is 11.0. The summed E-state index contributed by atoms with van der Waals surface area (Å²) in [5, 5.41) is 22.2. The number of allylic oxidation sites excluding steroid dienone is 1. The van der Waals surface area contributed by atoms with Crippen LogP contribution in [0.1, 0.15) is 64.4 Å². The molecule has 3 aliphatic heterocycles. The van der Waals surface area contributed by atoms with Crippen molar-refractivity contribution in [2.75, 3.05) is 31.1 Å². The Morgan fingerprint density at radius 2 is 1.40 bits per heavy atom. The molecule has 0 bridgehead atoms. The van der Waals surface area contributed by atoms with Gasteiger partial charge in [-0.3, -0.25) is 24.6 Å². The minimum absolute atomic E-state index is 0.168. The highest BCUT2D eigenvalue weighted by molar-refractivity contribution is 9.10. The molecule has 0 radical (unpaired) electrons. The number of piperazine rings is 1. The number of amides is 3. The number of nitrogens with one attached hydrogen (secondary N) is 1. The first-order valence-electron chi connectivity index (χ1n) is 17.0. The Bertz CT molecular complexity index is 1970. The number of fused-ring (bicyclic) bond motifs is 1. The summed E-state index contributed by atoms with van der Waals surface area (Å²) < 4.78 is 0.910. The molecule has 4 aromatic rings. The number of carbonyl (C=O) groups excluding carboxylic acids is 3. The van der Waals surface area contributed by atoms with Crippen molar-refractivity contribution in [3.05, 3.63) is 123 Å². The van der Waals surface area contributed by atoms with Crippen LogP contribution in [0.15, 0.2) is 89.4 Å². The van der Waals surface area contributed by atoms with Crippen LogP contribution in [-0.2, 0) is 22.7 Å². The fourth-order valence-electron chi connectivity index (χ4n) is 7.35. The van der Waals surface area contributed by atoms with Gasteiger partial charge in [0, 0.05) is 61.4 Å². The van der Waals surface area contributed by atoms with Crippen molar-refractivity contribution in [1.29, 1.82) is 0 Å². The molecule has 0 saturated carbocycles. The molecule has 2 fully saturated rings. The molecule has 1 atom stereocenters. The third kappa shape index (κ3) is 6.65. The first kappa shape index (κ1) is 33.6. The third-order valence-electron chi connectivity index (χ3n) is 10.0. The van der Waals surface area contributed by atoms with Gasteiger partial charge in [-0.1, -0.05) is 65.3 Å². The Hall–Kier alpha value is -4.93. The zero-order valence-corrected chi connectivity index (χ0v) is 29.4. The SMILES string of the molecule is CCC(=C(c1ccc(O)cc1)c1ccc(N2CCN(Cc3ccc4c(c3Br)CN(C3CCC(=O)NC3=O)C4=O)CC2)cc1)c1ccc(O)cc1. The van der Waals surface area contributed by atoms with Gasteiger partial charge in [-0.05, 0) is 94.3 Å². The van der Waals surface area contributed by atoms with Gasteiger partial charge in [0.05, 0.1) is 0 Å². The molecule has 3 amide bonds. The monoisotopic (exact) mass is 734 g/mol.